The van der Waals surface area contributed by atoms with Crippen LogP contribution < -0.4 is 5.32 Å². The Hall–Kier alpha value is -1.90. The molecule has 2 rings (SSSR count). The summed E-state index contributed by atoms with van der Waals surface area (Å²) in [6.45, 7) is 11.4. The van der Waals surface area contributed by atoms with E-state index < -0.39 is 0 Å². The summed E-state index contributed by atoms with van der Waals surface area (Å²) in [7, 11) is 0. The van der Waals surface area contributed by atoms with Gasteiger partial charge in [-0.3, -0.25) is 0 Å². The van der Waals surface area contributed by atoms with Crippen LogP contribution in [0.5, 0.6) is 0 Å². The quantitative estimate of drug-likeness (QED) is 0.512. The number of nitrogens with one attached hydrogen (secondary N) is 1. The van der Waals surface area contributed by atoms with Gasteiger partial charge in [0, 0.05) is 18.9 Å². The average Bonchev–Trinajstić information content (AvgIpc) is 2.68. The minimum atomic E-state index is 0. The van der Waals surface area contributed by atoms with Crippen molar-refractivity contribution >= 4 is 5.95 Å². The van der Waals surface area contributed by atoms with Crippen molar-refractivity contribution in [2.24, 2.45) is 0 Å². The Morgan fingerprint density at radius 2 is 1.14 bits per heavy atom. The van der Waals surface area contributed by atoms with Crippen molar-refractivity contribution in [1.29, 1.82) is 0 Å². The van der Waals surface area contributed by atoms with Gasteiger partial charge in [-0.15, -0.1) is 0 Å². The Morgan fingerprint density at radius 1 is 0.679 bits per heavy atom. The van der Waals surface area contributed by atoms with Crippen LogP contribution in [-0.4, -0.2) is 16.5 Å². The monoisotopic (exact) mass is 393 g/mol. The molecular formula is C25H51N3. The summed E-state index contributed by atoms with van der Waals surface area (Å²) >= 11 is 0. The fourth-order valence-electron chi connectivity index (χ4n) is 1.75. The first-order valence-electron chi connectivity index (χ1n) is 9.38. The number of hydrogen-bond acceptors (Lipinski definition) is 3. The first kappa shape index (κ1) is 36.9. The highest BCUT2D eigenvalue weighted by atomic mass is 15.1. The maximum absolute atomic E-state index is 4.31. The van der Waals surface area contributed by atoms with Gasteiger partial charge in [-0.1, -0.05) is 107 Å². The Bertz CT molecular complexity index is 479. The zero-order valence-corrected chi connectivity index (χ0v) is 16.2. The SMILES string of the molecule is C.C.C.C.CC.CCCC.CCCNc1ncc(CCc2ccccc2)cn1. The van der Waals surface area contributed by atoms with Gasteiger partial charge in [-0.25, -0.2) is 9.97 Å². The summed E-state index contributed by atoms with van der Waals surface area (Å²) in [5, 5.41) is 3.17. The van der Waals surface area contributed by atoms with Crippen LogP contribution in [0, 0.1) is 0 Å². The lowest BCUT2D eigenvalue weighted by molar-refractivity contribution is 0.886. The standard InChI is InChI=1S/C15H19N3.C4H10.C2H6.4CH4/c1-2-10-16-15-17-11-14(12-18-15)9-8-13-6-4-3-5-7-13;1-3-4-2;1-2;;;;/h3-7,11-12H,2,8-10H2,1H3,(H,16,17,18);3-4H2,1-2H3;1-2H3;4*1H4. The average molecular weight is 394 g/mol. The molecule has 0 atom stereocenters. The Labute approximate surface area is 178 Å². The molecular weight excluding hydrogens is 342 g/mol. The fourth-order valence-corrected chi connectivity index (χ4v) is 1.75. The number of aryl methyl sites for hydroxylation is 2. The molecule has 0 amide bonds. The first-order chi connectivity index (χ1) is 11.8. The summed E-state index contributed by atoms with van der Waals surface area (Å²) < 4.78 is 0. The molecule has 0 fully saturated rings. The zero-order valence-electron chi connectivity index (χ0n) is 16.2. The minimum absolute atomic E-state index is 0. The molecule has 0 radical (unpaired) electrons. The highest BCUT2D eigenvalue weighted by Gasteiger charge is 1.98. The van der Waals surface area contributed by atoms with E-state index in [9.17, 15) is 0 Å². The molecule has 3 heteroatoms. The van der Waals surface area contributed by atoms with E-state index in [1.165, 1.54) is 24.0 Å². The van der Waals surface area contributed by atoms with Crippen molar-refractivity contribution in [3.8, 4) is 0 Å². The minimum Gasteiger partial charge on any atom is -0.354 e. The van der Waals surface area contributed by atoms with Gasteiger partial charge in [-0.05, 0) is 30.4 Å². The van der Waals surface area contributed by atoms with Crippen LogP contribution in [0.3, 0.4) is 0 Å². The molecule has 0 spiro atoms. The maximum atomic E-state index is 4.31. The third-order valence-electron chi connectivity index (χ3n) is 3.28. The molecule has 0 unspecified atom stereocenters. The van der Waals surface area contributed by atoms with Crippen LogP contribution >= 0.6 is 0 Å². The van der Waals surface area contributed by atoms with Crippen molar-refractivity contribution < 1.29 is 0 Å². The molecule has 0 aliphatic rings. The Balaban J connectivity index is -0.000000158. The third-order valence-corrected chi connectivity index (χ3v) is 3.28. The highest BCUT2D eigenvalue weighted by Crippen LogP contribution is 2.06. The molecule has 0 saturated heterocycles. The normalized spacial score (nSPS) is 7.89. The van der Waals surface area contributed by atoms with E-state index in [0.717, 1.165) is 31.8 Å². The van der Waals surface area contributed by atoms with E-state index in [2.05, 4.69) is 60.3 Å². The second-order valence-corrected chi connectivity index (χ2v) is 5.33. The second-order valence-electron chi connectivity index (χ2n) is 5.33. The summed E-state index contributed by atoms with van der Waals surface area (Å²) in [4.78, 5) is 8.61. The number of nitrogens with zero attached hydrogens (tertiary/aromatic N) is 2. The van der Waals surface area contributed by atoms with Gasteiger partial charge < -0.3 is 5.32 Å². The lowest BCUT2D eigenvalue weighted by Gasteiger charge is -2.04. The topological polar surface area (TPSA) is 37.8 Å². The number of hydrogen-bond donors (Lipinski definition) is 1. The number of unbranched alkanes of at least 4 members (excludes halogenated alkanes) is 1. The number of anilines is 1. The molecule has 1 aromatic heterocycles. The summed E-state index contributed by atoms with van der Waals surface area (Å²) in [5.41, 5.74) is 2.53. The molecule has 28 heavy (non-hydrogen) atoms. The summed E-state index contributed by atoms with van der Waals surface area (Å²) in [6, 6.07) is 10.5. The first-order valence-corrected chi connectivity index (χ1v) is 9.38. The Morgan fingerprint density at radius 3 is 1.57 bits per heavy atom. The predicted molar refractivity (Wildman–Crippen MR) is 134 cm³/mol. The van der Waals surface area contributed by atoms with Gasteiger partial charge >= 0.3 is 0 Å². The molecule has 166 valence electrons. The smallest absolute Gasteiger partial charge is 0.222 e. The van der Waals surface area contributed by atoms with E-state index in [1.54, 1.807) is 0 Å². The van der Waals surface area contributed by atoms with E-state index in [-0.39, 0.29) is 29.7 Å². The summed E-state index contributed by atoms with van der Waals surface area (Å²) in [6.07, 6.45) is 9.56. The molecule has 3 nitrogen and oxygen atoms in total. The van der Waals surface area contributed by atoms with Crippen molar-refractivity contribution in [2.45, 2.75) is 96.4 Å². The number of aromatic nitrogens is 2. The van der Waals surface area contributed by atoms with Crippen LogP contribution in [-0.2, 0) is 12.8 Å². The lowest BCUT2D eigenvalue weighted by Crippen LogP contribution is -2.04. The highest BCUT2D eigenvalue weighted by molar-refractivity contribution is 5.25. The largest absolute Gasteiger partial charge is 0.354 e. The van der Waals surface area contributed by atoms with Crippen molar-refractivity contribution in [3.05, 3.63) is 53.9 Å². The van der Waals surface area contributed by atoms with Crippen molar-refractivity contribution in [3.63, 3.8) is 0 Å². The maximum Gasteiger partial charge on any atom is 0.222 e. The predicted octanol–water partition coefficient (Wildman–Crippen LogP) is 8.46. The molecule has 0 bridgehead atoms. The molecule has 0 aliphatic carbocycles. The van der Waals surface area contributed by atoms with Crippen LogP contribution in [0.2, 0.25) is 0 Å². The molecule has 2 aromatic rings. The van der Waals surface area contributed by atoms with Crippen molar-refractivity contribution in [2.75, 3.05) is 11.9 Å². The third kappa shape index (κ3) is 18.9. The van der Waals surface area contributed by atoms with E-state index in [0.29, 0.717) is 0 Å². The van der Waals surface area contributed by atoms with Gasteiger partial charge in [0.15, 0.2) is 0 Å². The zero-order chi connectivity index (χ0) is 18.0. The Kier molecular flexibility index (Phi) is 36.0. The molecule has 0 aliphatic heterocycles. The second kappa shape index (κ2) is 27.3. The molecule has 0 saturated carbocycles. The van der Waals surface area contributed by atoms with Gasteiger partial charge in [-0.2, -0.15) is 0 Å². The van der Waals surface area contributed by atoms with E-state index in [4.69, 9.17) is 0 Å². The lowest BCUT2D eigenvalue weighted by atomic mass is 10.1. The van der Waals surface area contributed by atoms with Gasteiger partial charge in [0.25, 0.3) is 0 Å². The van der Waals surface area contributed by atoms with E-state index in [1.807, 2.05) is 32.3 Å². The van der Waals surface area contributed by atoms with Gasteiger partial charge in [0.1, 0.15) is 0 Å². The number of benzene rings is 1. The van der Waals surface area contributed by atoms with E-state index >= 15 is 0 Å². The molecule has 1 heterocycles. The summed E-state index contributed by atoms with van der Waals surface area (Å²) in [5.74, 6) is 0.723. The molecule has 1 N–H and O–H groups in total. The van der Waals surface area contributed by atoms with Crippen LogP contribution in [0.15, 0.2) is 42.7 Å². The molecule has 1 aromatic carbocycles. The van der Waals surface area contributed by atoms with Gasteiger partial charge in [0.2, 0.25) is 5.95 Å². The van der Waals surface area contributed by atoms with Gasteiger partial charge in [0.05, 0.1) is 0 Å². The van der Waals surface area contributed by atoms with Crippen LogP contribution in [0.25, 0.3) is 0 Å². The number of rotatable bonds is 7. The van der Waals surface area contributed by atoms with Crippen LogP contribution in [0.4, 0.5) is 5.95 Å². The van der Waals surface area contributed by atoms with Crippen LogP contribution in [0.1, 0.15) is 94.7 Å². The fraction of sp³-hybridized carbons (Fsp3) is 0.600. The van der Waals surface area contributed by atoms with Crippen molar-refractivity contribution in [1.82, 2.24) is 9.97 Å².